The zero-order valence-corrected chi connectivity index (χ0v) is 11.1. The largest absolute Gasteiger partial charge is 0.756 e. The van der Waals surface area contributed by atoms with E-state index >= 15 is 0 Å². The molecule has 0 amide bonds. The maximum atomic E-state index is 10.4. The van der Waals surface area contributed by atoms with Gasteiger partial charge in [0.15, 0.2) is 0 Å². The molecule has 0 radical (unpaired) electrons. The third-order valence-corrected chi connectivity index (χ3v) is 1.72. The summed E-state index contributed by atoms with van der Waals surface area (Å²) in [6, 6.07) is 0. The van der Waals surface area contributed by atoms with Crippen molar-refractivity contribution >= 4 is 7.82 Å². The molecule has 0 heterocycles. The van der Waals surface area contributed by atoms with Gasteiger partial charge in [-0.25, -0.2) is 0 Å². The van der Waals surface area contributed by atoms with Crippen molar-refractivity contribution in [3.8, 4) is 0 Å². The van der Waals surface area contributed by atoms with Crippen molar-refractivity contribution < 1.29 is 45.8 Å². The molecule has 0 spiro atoms. The van der Waals surface area contributed by atoms with Gasteiger partial charge in [-0.1, -0.05) is 0 Å². The van der Waals surface area contributed by atoms with Gasteiger partial charge in [0.1, 0.15) is 0 Å². The molecule has 4 nitrogen and oxygen atoms in total. The molecule has 0 atom stereocenters. The second-order valence-corrected chi connectivity index (χ2v) is 2.69. The van der Waals surface area contributed by atoms with Gasteiger partial charge in [0, 0.05) is 27.3 Å². The van der Waals surface area contributed by atoms with Gasteiger partial charge in [0.25, 0.3) is 7.82 Å². The maximum absolute atomic E-state index is 10.4. The van der Waals surface area contributed by atoms with Crippen LogP contribution in [0.25, 0.3) is 0 Å². The summed E-state index contributed by atoms with van der Waals surface area (Å²) in [6.45, 7) is 3.43. The van der Waals surface area contributed by atoms with Crippen LogP contribution >= 0.6 is 7.82 Å². The maximum Gasteiger partial charge on any atom is 0.267 e. The van der Waals surface area contributed by atoms with Gasteiger partial charge in [0.2, 0.25) is 0 Å². The molecular formula is C4H10CdO4P-. The fraction of sp³-hybridized carbons (Fsp3) is 1.00. The predicted molar refractivity (Wildman–Crippen MR) is 30.9 cm³/mol. The van der Waals surface area contributed by atoms with Crippen molar-refractivity contribution in [3.05, 3.63) is 0 Å². The Labute approximate surface area is 80.7 Å². The first kappa shape index (κ1) is 13.6. The number of phosphoric ester groups is 1. The van der Waals surface area contributed by atoms with Crippen LogP contribution in [0.1, 0.15) is 13.8 Å². The summed E-state index contributed by atoms with van der Waals surface area (Å²) in [7, 11) is -3.94. The predicted octanol–water partition coefficient (Wildman–Crippen LogP) is 0.525. The second-order valence-electron chi connectivity index (χ2n) is 1.28. The summed E-state index contributed by atoms with van der Waals surface area (Å²) < 4.78 is 18.9. The van der Waals surface area contributed by atoms with Crippen LogP contribution in [-0.4, -0.2) is 13.2 Å². The standard InChI is InChI=1S/C4H11O4P.Cd/c1-3-7-9(5,6)8-4-2;/h3-4H2,1-2H3,(H,5,6);/p-1. The quantitative estimate of drug-likeness (QED) is 0.549. The second kappa shape index (κ2) is 6.72. The summed E-state index contributed by atoms with van der Waals surface area (Å²) in [5, 5.41) is 0. The van der Waals surface area contributed by atoms with Crippen molar-refractivity contribution in [1.82, 2.24) is 0 Å². The van der Waals surface area contributed by atoms with Crippen LogP contribution in [0, 0.1) is 0 Å². The average Bonchev–Trinajstić information content (AvgIpc) is 1.64. The molecule has 0 bridgehead atoms. The van der Waals surface area contributed by atoms with Gasteiger partial charge < -0.3 is 13.9 Å². The van der Waals surface area contributed by atoms with Gasteiger partial charge >= 0.3 is 0 Å². The van der Waals surface area contributed by atoms with Crippen LogP contribution in [0.2, 0.25) is 0 Å². The van der Waals surface area contributed by atoms with Gasteiger partial charge in [-0.3, -0.25) is 4.57 Å². The first-order valence-electron chi connectivity index (χ1n) is 2.72. The molecule has 58 valence electrons. The Morgan fingerprint density at radius 2 is 1.60 bits per heavy atom. The fourth-order valence-corrected chi connectivity index (χ4v) is 1.06. The van der Waals surface area contributed by atoms with E-state index in [4.69, 9.17) is 0 Å². The van der Waals surface area contributed by atoms with E-state index in [2.05, 4.69) is 9.05 Å². The minimum atomic E-state index is -3.94. The number of hydrogen-bond donors (Lipinski definition) is 0. The third-order valence-electron chi connectivity index (χ3n) is 0.574. The summed E-state index contributed by atoms with van der Waals surface area (Å²) >= 11 is 0. The minimum Gasteiger partial charge on any atom is -0.756 e. The SMILES string of the molecule is CCOP(=O)([O-])OCC.[Cd]. The van der Waals surface area contributed by atoms with Gasteiger partial charge in [-0.05, 0) is 13.8 Å². The van der Waals surface area contributed by atoms with Gasteiger partial charge in [0.05, 0.1) is 13.2 Å². The van der Waals surface area contributed by atoms with Crippen LogP contribution in [0.4, 0.5) is 0 Å². The smallest absolute Gasteiger partial charge is 0.267 e. The molecule has 0 saturated carbocycles. The fourth-order valence-electron chi connectivity index (χ4n) is 0.353. The molecule has 6 heteroatoms. The van der Waals surface area contributed by atoms with E-state index in [1.165, 1.54) is 0 Å². The van der Waals surface area contributed by atoms with Crippen LogP contribution < -0.4 is 4.89 Å². The zero-order valence-electron chi connectivity index (χ0n) is 6.20. The Balaban J connectivity index is 0. The van der Waals surface area contributed by atoms with E-state index in [1.807, 2.05) is 0 Å². The average molecular weight is 266 g/mol. The molecule has 0 aromatic heterocycles. The van der Waals surface area contributed by atoms with Crippen LogP contribution in [0.15, 0.2) is 0 Å². The van der Waals surface area contributed by atoms with E-state index in [1.54, 1.807) is 13.8 Å². The van der Waals surface area contributed by atoms with E-state index < -0.39 is 7.82 Å². The number of hydrogen-bond acceptors (Lipinski definition) is 4. The molecule has 0 N–H and O–H groups in total. The van der Waals surface area contributed by atoms with Crippen molar-refractivity contribution in [2.75, 3.05) is 13.2 Å². The van der Waals surface area contributed by atoms with Gasteiger partial charge in [-0.15, -0.1) is 0 Å². The Morgan fingerprint density at radius 3 is 1.80 bits per heavy atom. The monoisotopic (exact) mass is 267 g/mol. The molecule has 0 aliphatic heterocycles. The Morgan fingerprint density at radius 1 is 1.30 bits per heavy atom. The summed E-state index contributed by atoms with van der Waals surface area (Å²) in [6.07, 6.45) is 0. The molecule has 10 heavy (non-hydrogen) atoms. The van der Waals surface area contributed by atoms with Crippen molar-refractivity contribution in [2.45, 2.75) is 13.8 Å². The van der Waals surface area contributed by atoms with E-state index in [9.17, 15) is 9.46 Å². The van der Waals surface area contributed by atoms with E-state index in [0.717, 1.165) is 0 Å². The van der Waals surface area contributed by atoms with Gasteiger partial charge in [-0.2, -0.15) is 0 Å². The van der Waals surface area contributed by atoms with E-state index in [0.29, 0.717) is 0 Å². The number of rotatable bonds is 4. The molecule has 0 aromatic rings. The molecule has 0 saturated heterocycles. The summed E-state index contributed by atoms with van der Waals surface area (Å²) in [5.74, 6) is 0. The molecule has 0 rings (SSSR count). The first-order valence-corrected chi connectivity index (χ1v) is 4.18. The molecule has 0 aliphatic carbocycles. The first-order chi connectivity index (χ1) is 4.12. The molecule has 0 fully saturated rings. The van der Waals surface area contributed by atoms with Crippen LogP contribution in [0.5, 0.6) is 0 Å². The number of phosphoric acid groups is 1. The molecule has 0 aromatic carbocycles. The Hall–Kier alpha value is 1.03. The summed E-state index contributed by atoms with van der Waals surface area (Å²) in [5.41, 5.74) is 0. The summed E-state index contributed by atoms with van der Waals surface area (Å²) in [4.78, 5) is 10.4. The molecule has 0 unspecified atom stereocenters. The normalized spacial score (nSPS) is 10.7. The van der Waals surface area contributed by atoms with Crippen molar-refractivity contribution in [3.63, 3.8) is 0 Å². The topological polar surface area (TPSA) is 58.6 Å². The Bertz CT molecular complexity index is 108. The van der Waals surface area contributed by atoms with Crippen LogP contribution in [0.3, 0.4) is 0 Å². The van der Waals surface area contributed by atoms with Crippen molar-refractivity contribution in [1.29, 1.82) is 0 Å². The van der Waals surface area contributed by atoms with Crippen molar-refractivity contribution in [2.24, 2.45) is 0 Å². The molecule has 0 aliphatic rings. The Kier molecular flexibility index (Phi) is 9.15. The van der Waals surface area contributed by atoms with E-state index in [-0.39, 0.29) is 40.5 Å². The molecular weight excluding hydrogens is 255 g/mol. The van der Waals surface area contributed by atoms with Crippen LogP contribution in [-0.2, 0) is 40.9 Å². The minimum absolute atomic E-state index is 0. The third kappa shape index (κ3) is 7.14. The zero-order chi connectivity index (χ0) is 7.33.